The van der Waals surface area contributed by atoms with Gasteiger partial charge in [0, 0.05) is 22.1 Å². The van der Waals surface area contributed by atoms with E-state index in [0.717, 1.165) is 22.3 Å². The lowest BCUT2D eigenvalue weighted by molar-refractivity contribution is 0.0847. The lowest BCUT2D eigenvalue weighted by Gasteiger charge is -2.13. The van der Waals surface area contributed by atoms with Crippen molar-refractivity contribution in [2.45, 2.75) is 19.8 Å². The molecule has 8 heteroatoms. The normalized spacial score (nSPS) is 11.1. The molecule has 0 saturated heterocycles. The summed E-state index contributed by atoms with van der Waals surface area (Å²) in [4.78, 5) is 28.4. The SMILES string of the molecule is CC(C)c1c(C(=O)NNC(=O)c2c[nH]c3ccccc23)cnn1-c1cccc(Cl)c1. The van der Waals surface area contributed by atoms with Crippen molar-refractivity contribution in [3.63, 3.8) is 0 Å². The standard InChI is InChI=1S/C22H20ClN5O2/c1-13(2)20-18(12-25-28(20)15-7-5-6-14(23)10-15)22(30)27-26-21(29)17-11-24-19-9-4-3-8-16(17)19/h3-13,24H,1-2H3,(H,26,29)(H,27,30). The van der Waals surface area contributed by atoms with Gasteiger partial charge in [0.2, 0.25) is 0 Å². The van der Waals surface area contributed by atoms with E-state index in [1.807, 2.05) is 50.2 Å². The van der Waals surface area contributed by atoms with Crippen molar-refractivity contribution in [1.82, 2.24) is 25.6 Å². The molecule has 2 amide bonds. The second-order valence-electron chi connectivity index (χ2n) is 7.15. The number of hydrazine groups is 1. The number of H-pyrrole nitrogens is 1. The quantitative estimate of drug-likeness (QED) is 0.431. The summed E-state index contributed by atoms with van der Waals surface area (Å²) < 4.78 is 1.69. The molecule has 2 aromatic heterocycles. The van der Waals surface area contributed by atoms with Gasteiger partial charge < -0.3 is 4.98 Å². The molecule has 0 aliphatic carbocycles. The van der Waals surface area contributed by atoms with Gasteiger partial charge in [-0.25, -0.2) is 4.68 Å². The van der Waals surface area contributed by atoms with E-state index in [9.17, 15) is 9.59 Å². The molecule has 0 aliphatic heterocycles. The van der Waals surface area contributed by atoms with Gasteiger partial charge in [-0.2, -0.15) is 5.10 Å². The Kier molecular flexibility index (Phi) is 5.29. The van der Waals surface area contributed by atoms with E-state index in [4.69, 9.17) is 11.6 Å². The monoisotopic (exact) mass is 421 g/mol. The number of hydrogen-bond acceptors (Lipinski definition) is 3. The van der Waals surface area contributed by atoms with Crippen LogP contribution in [0.2, 0.25) is 5.02 Å². The number of carbonyl (C=O) groups is 2. The molecule has 4 aromatic rings. The third kappa shape index (κ3) is 3.67. The van der Waals surface area contributed by atoms with Crippen LogP contribution in [0, 0.1) is 0 Å². The minimum atomic E-state index is -0.444. The summed E-state index contributed by atoms with van der Waals surface area (Å²) in [5, 5.41) is 5.72. The highest BCUT2D eigenvalue weighted by molar-refractivity contribution is 6.30. The lowest BCUT2D eigenvalue weighted by atomic mass is 10.1. The van der Waals surface area contributed by atoms with Crippen LogP contribution in [0.25, 0.3) is 16.6 Å². The molecule has 0 bridgehead atoms. The number of halogens is 1. The number of carbonyl (C=O) groups excluding carboxylic acids is 2. The molecule has 0 spiro atoms. The van der Waals surface area contributed by atoms with Crippen molar-refractivity contribution in [3.8, 4) is 5.69 Å². The number of amides is 2. The summed E-state index contributed by atoms with van der Waals surface area (Å²) in [6.07, 6.45) is 3.10. The number of para-hydroxylation sites is 1. The van der Waals surface area contributed by atoms with Gasteiger partial charge in [-0.05, 0) is 30.2 Å². The molecule has 3 N–H and O–H groups in total. The third-order valence-corrected chi connectivity index (χ3v) is 5.01. The number of hydrogen-bond donors (Lipinski definition) is 3. The zero-order valence-electron chi connectivity index (χ0n) is 16.4. The molecule has 2 heterocycles. The van der Waals surface area contributed by atoms with Gasteiger partial charge in [0.25, 0.3) is 11.8 Å². The third-order valence-electron chi connectivity index (χ3n) is 4.77. The second-order valence-corrected chi connectivity index (χ2v) is 7.58. The van der Waals surface area contributed by atoms with Gasteiger partial charge in [-0.3, -0.25) is 20.4 Å². The first-order chi connectivity index (χ1) is 14.5. The smallest absolute Gasteiger partial charge is 0.273 e. The second kappa shape index (κ2) is 8.04. The van der Waals surface area contributed by atoms with E-state index in [-0.39, 0.29) is 5.92 Å². The Morgan fingerprint density at radius 3 is 2.50 bits per heavy atom. The molecule has 0 fully saturated rings. The number of fused-ring (bicyclic) bond motifs is 1. The Labute approximate surface area is 178 Å². The summed E-state index contributed by atoms with van der Waals surface area (Å²) in [5.41, 5.74) is 8.12. The molecule has 7 nitrogen and oxygen atoms in total. The van der Waals surface area contributed by atoms with Crippen LogP contribution in [0.15, 0.2) is 60.9 Å². The fraction of sp³-hybridized carbons (Fsp3) is 0.136. The largest absolute Gasteiger partial charge is 0.360 e. The Morgan fingerprint density at radius 1 is 1.03 bits per heavy atom. The van der Waals surface area contributed by atoms with Crippen LogP contribution in [0.5, 0.6) is 0 Å². The number of aromatic nitrogens is 3. The zero-order valence-corrected chi connectivity index (χ0v) is 17.2. The predicted octanol–water partition coefficient (Wildman–Crippen LogP) is 4.21. The van der Waals surface area contributed by atoms with E-state index in [0.29, 0.717) is 16.1 Å². The van der Waals surface area contributed by atoms with E-state index in [2.05, 4.69) is 20.9 Å². The highest BCUT2D eigenvalue weighted by Gasteiger charge is 2.22. The van der Waals surface area contributed by atoms with Crippen molar-refractivity contribution in [2.24, 2.45) is 0 Å². The average molecular weight is 422 g/mol. The summed E-state index contributed by atoms with van der Waals surface area (Å²) in [6, 6.07) is 14.7. The van der Waals surface area contributed by atoms with E-state index < -0.39 is 11.8 Å². The maximum absolute atomic E-state index is 12.8. The molecule has 152 valence electrons. The van der Waals surface area contributed by atoms with Crippen molar-refractivity contribution < 1.29 is 9.59 Å². The summed E-state index contributed by atoms with van der Waals surface area (Å²) >= 11 is 6.10. The molecule has 4 rings (SSSR count). The summed E-state index contributed by atoms with van der Waals surface area (Å²) in [7, 11) is 0. The van der Waals surface area contributed by atoms with Crippen LogP contribution >= 0.6 is 11.6 Å². The number of nitrogens with one attached hydrogen (secondary N) is 3. The topological polar surface area (TPSA) is 91.8 Å². The predicted molar refractivity (Wildman–Crippen MR) is 116 cm³/mol. The van der Waals surface area contributed by atoms with Crippen LogP contribution in [0.1, 0.15) is 46.2 Å². The minimum Gasteiger partial charge on any atom is -0.360 e. The number of aromatic amines is 1. The average Bonchev–Trinajstić information content (AvgIpc) is 3.36. The van der Waals surface area contributed by atoms with Crippen molar-refractivity contribution in [1.29, 1.82) is 0 Å². The molecule has 0 unspecified atom stereocenters. The molecule has 0 atom stereocenters. The fourth-order valence-electron chi connectivity index (χ4n) is 3.41. The summed E-state index contributed by atoms with van der Waals surface area (Å²) in [5.74, 6) is -0.842. The highest BCUT2D eigenvalue weighted by Crippen LogP contribution is 2.24. The Bertz CT molecular complexity index is 1240. The van der Waals surface area contributed by atoms with Crippen LogP contribution < -0.4 is 10.9 Å². The van der Waals surface area contributed by atoms with Crippen LogP contribution in [0.3, 0.4) is 0 Å². The molecule has 0 radical (unpaired) electrons. The summed E-state index contributed by atoms with van der Waals surface area (Å²) in [6.45, 7) is 3.94. The maximum atomic E-state index is 12.8. The molecular weight excluding hydrogens is 402 g/mol. The highest BCUT2D eigenvalue weighted by atomic mass is 35.5. The van der Waals surface area contributed by atoms with Gasteiger partial charge in [-0.15, -0.1) is 0 Å². The first kappa shape index (κ1) is 19.7. The fourth-order valence-corrected chi connectivity index (χ4v) is 3.59. The van der Waals surface area contributed by atoms with Gasteiger partial charge >= 0.3 is 0 Å². The Morgan fingerprint density at radius 2 is 1.77 bits per heavy atom. The van der Waals surface area contributed by atoms with Crippen LogP contribution in [0.4, 0.5) is 0 Å². The van der Waals surface area contributed by atoms with Crippen molar-refractivity contribution in [2.75, 3.05) is 0 Å². The van der Waals surface area contributed by atoms with Crippen LogP contribution in [-0.2, 0) is 0 Å². The molecule has 30 heavy (non-hydrogen) atoms. The van der Waals surface area contributed by atoms with Gasteiger partial charge in [0.1, 0.15) is 0 Å². The first-order valence-electron chi connectivity index (χ1n) is 9.46. The number of benzene rings is 2. The van der Waals surface area contributed by atoms with Crippen molar-refractivity contribution >= 4 is 34.3 Å². The Balaban J connectivity index is 1.56. The zero-order chi connectivity index (χ0) is 21.3. The maximum Gasteiger partial charge on any atom is 0.273 e. The molecular formula is C22H20ClN5O2. The first-order valence-corrected chi connectivity index (χ1v) is 9.84. The lowest BCUT2D eigenvalue weighted by Crippen LogP contribution is -2.41. The Hall–Kier alpha value is -3.58. The minimum absolute atomic E-state index is 0.0107. The van der Waals surface area contributed by atoms with E-state index in [1.165, 1.54) is 6.20 Å². The van der Waals surface area contributed by atoms with Gasteiger partial charge in [0.15, 0.2) is 0 Å². The van der Waals surface area contributed by atoms with Gasteiger partial charge in [-0.1, -0.05) is 49.7 Å². The molecule has 0 aliphatic rings. The van der Waals surface area contributed by atoms with E-state index in [1.54, 1.807) is 23.0 Å². The number of rotatable bonds is 4. The number of nitrogens with zero attached hydrogens (tertiary/aromatic N) is 2. The van der Waals surface area contributed by atoms with E-state index >= 15 is 0 Å². The van der Waals surface area contributed by atoms with Gasteiger partial charge in [0.05, 0.1) is 28.7 Å². The van der Waals surface area contributed by atoms with Crippen molar-refractivity contribution in [3.05, 3.63) is 82.8 Å². The molecule has 2 aromatic carbocycles. The van der Waals surface area contributed by atoms with Crippen LogP contribution in [-0.4, -0.2) is 26.6 Å². The molecule has 0 saturated carbocycles.